The summed E-state index contributed by atoms with van der Waals surface area (Å²) in [7, 11) is 0. The van der Waals surface area contributed by atoms with Gasteiger partial charge in [0.15, 0.2) is 0 Å². The third-order valence-corrected chi connectivity index (χ3v) is 3.03. The second-order valence-electron chi connectivity index (χ2n) is 4.71. The average molecular weight is 272 g/mol. The van der Waals surface area contributed by atoms with E-state index in [2.05, 4.69) is 28.5 Å². The number of esters is 1. The van der Waals surface area contributed by atoms with Crippen molar-refractivity contribution < 1.29 is 9.53 Å². The Kier molecular flexibility index (Phi) is 5.07. The SMILES string of the molecule is CCOC(=O)CCNCc1ccc2nc(C)ccc2c1. The van der Waals surface area contributed by atoms with E-state index in [0.29, 0.717) is 19.6 Å². The lowest BCUT2D eigenvalue weighted by Gasteiger charge is -2.06. The van der Waals surface area contributed by atoms with Crippen molar-refractivity contribution in [3.63, 3.8) is 0 Å². The van der Waals surface area contributed by atoms with Gasteiger partial charge in [0.1, 0.15) is 0 Å². The van der Waals surface area contributed by atoms with Gasteiger partial charge in [0, 0.05) is 24.2 Å². The molecule has 0 aliphatic rings. The number of aromatic nitrogens is 1. The smallest absolute Gasteiger partial charge is 0.307 e. The molecule has 0 saturated carbocycles. The third-order valence-electron chi connectivity index (χ3n) is 3.03. The number of hydrogen-bond acceptors (Lipinski definition) is 4. The molecule has 1 aromatic heterocycles. The number of ether oxygens (including phenoxy) is 1. The van der Waals surface area contributed by atoms with Crippen molar-refractivity contribution in [1.82, 2.24) is 10.3 Å². The Labute approximate surface area is 119 Å². The highest BCUT2D eigenvalue weighted by atomic mass is 16.5. The van der Waals surface area contributed by atoms with Gasteiger partial charge in [-0.05, 0) is 37.6 Å². The topological polar surface area (TPSA) is 51.2 Å². The molecule has 0 unspecified atom stereocenters. The molecule has 0 saturated heterocycles. The highest BCUT2D eigenvalue weighted by Gasteiger charge is 2.01. The zero-order valence-corrected chi connectivity index (χ0v) is 12.0. The summed E-state index contributed by atoms with van der Waals surface area (Å²) in [6, 6.07) is 10.3. The first-order valence-corrected chi connectivity index (χ1v) is 6.91. The molecule has 20 heavy (non-hydrogen) atoms. The van der Waals surface area contributed by atoms with Crippen LogP contribution in [0.25, 0.3) is 10.9 Å². The Morgan fingerprint density at radius 2 is 2.15 bits per heavy atom. The number of nitrogens with one attached hydrogen (secondary N) is 1. The van der Waals surface area contributed by atoms with Crippen molar-refractivity contribution in [2.24, 2.45) is 0 Å². The van der Waals surface area contributed by atoms with Crippen LogP contribution in [0.5, 0.6) is 0 Å². The maximum atomic E-state index is 11.2. The van der Waals surface area contributed by atoms with Crippen LogP contribution in [-0.2, 0) is 16.1 Å². The average Bonchev–Trinajstić information content (AvgIpc) is 2.44. The molecule has 1 N–H and O–H groups in total. The Hall–Kier alpha value is -1.94. The predicted octanol–water partition coefficient (Wildman–Crippen LogP) is 2.59. The van der Waals surface area contributed by atoms with Crippen LogP contribution in [0.1, 0.15) is 24.6 Å². The lowest BCUT2D eigenvalue weighted by Crippen LogP contribution is -2.19. The van der Waals surface area contributed by atoms with E-state index < -0.39 is 0 Å². The van der Waals surface area contributed by atoms with Crippen LogP contribution in [0.2, 0.25) is 0 Å². The fourth-order valence-corrected chi connectivity index (χ4v) is 2.04. The van der Waals surface area contributed by atoms with Gasteiger partial charge >= 0.3 is 5.97 Å². The lowest BCUT2D eigenvalue weighted by molar-refractivity contribution is -0.142. The number of fused-ring (bicyclic) bond motifs is 1. The van der Waals surface area contributed by atoms with Crippen LogP contribution in [-0.4, -0.2) is 24.1 Å². The minimum atomic E-state index is -0.154. The van der Waals surface area contributed by atoms with Gasteiger partial charge in [0.25, 0.3) is 0 Å². The summed E-state index contributed by atoms with van der Waals surface area (Å²) < 4.78 is 4.88. The number of pyridine rings is 1. The highest BCUT2D eigenvalue weighted by Crippen LogP contribution is 2.14. The Morgan fingerprint density at radius 1 is 1.30 bits per heavy atom. The Morgan fingerprint density at radius 3 is 2.95 bits per heavy atom. The molecule has 0 aliphatic heterocycles. The summed E-state index contributed by atoms with van der Waals surface area (Å²) in [6.07, 6.45) is 0.405. The summed E-state index contributed by atoms with van der Waals surface area (Å²) in [5.41, 5.74) is 3.23. The molecule has 0 radical (unpaired) electrons. The van der Waals surface area contributed by atoms with Gasteiger partial charge in [0.2, 0.25) is 0 Å². The highest BCUT2D eigenvalue weighted by molar-refractivity contribution is 5.79. The van der Waals surface area contributed by atoms with Crippen LogP contribution in [0.4, 0.5) is 0 Å². The lowest BCUT2D eigenvalue weighted by atomic mass is 10.1. The fraction of sp³-hybridized carbons (Fsp3) is 0.375. The molecular formula is C16H20N2O2. The molecule has 0 spiro atoms. The van der Waals surface area contributed by atoms with Gasteiger partial charge in [-0.25, -0.2) is 0 Å². The molecule has 0 aliphatic carbocycles. The summed E-state index contributed by atoms with van der Waals surface area (Å²) in [6.45, 7) is 5.61. The first-order chi connectivity index (χ1) is 9.69. The second-order valence-corrected chi connectivity index (χ2v) is 4.71. The van der Waals surface area contributed by atoms with Crippen molar-refractivity contribution in [1.29, 1.82) is 0 Å². The molecule has 0 amide bonds. The summed E-state index contributed by atoms with van der Waals surface area (Å²) in [4.78, 5) is 15.7. The zero-order valence-electron chi connectivity index (χ0n) is 12.0. The molecule has 1 aromatic carbocycles. The molecule has 0 bridgehead atoms. The molecule has 4 heteroatoms. The van der Waals surface area contributed by atoms with Gasteiger partial charge in [0.05, 0.1) is 18.5 Å². The first kappa shape index (κ1) is 14.5. The molecule has 4 nitrogen and oxygen atoms in total. The van der Waals surface area contributed by atoms with E-state index in [4.69, 9.17) is 4.74 Å². The van der Waals surface area contributed by atoms with Gasteiger partial charge in [-0.2, -0.15) is 0 Å². The standard InChI is InChI=1S/C16H20N2O2/c1-3-20-16(19)8-9-17-11-13-5-7-15-14(10-13)6-4-12(2)18-15/h4-7,10,17H,3,8-9,11H2,1-2H3. The van der Waals surface area contributed by atoms with Gasteiger partial charge in [-0.1, -0.05) is 12.1 Å². The van der Waals surface area contributed by atoms with E-state index in [-0.39, 0.29) is 5.97 Å². The number of aryl methyl sites for hydroxylation is 1. The van der Waals surface area contributed by atoms with Crippen molar-refractivity contribution in [3.05, 3.63) is 41.6 Å². The number of carbonyl (C=O) groups excluding carboxylic acids is 1. The molecule has 2 rings (SSSR count). The normalized spacial score (nSPS) is 10.7. The number of carbonyl (C=O) groups is 1. The van der Waals surface area contributed by atoms with Gasteiger partial charge < -0.3 is 10.1 Å². The van der Waals surface area contributed by atoms with Crippen molar-refractivity contribution >= 4 is 16.9 Å². The maximum absolute atomic E-state index is 11.2. The van der Waals surface area contributed by atoms with Crippen molar-refractivity contribution in [2.75, 3.05) is 13.2 Å². The van der Waals surface area contributed by atoms with E-state index in [1.807, 2.05) is 26.0 Å². The van der Waals surface area contributed by atoms with E-state index in [0.717, 1.165) is 23.1 Å². The molecule has 106 valence electrons. The molecule has 0 fully saturated rings. The molecule has 2 aromatic rings. The molecular weight excluding hydrogens is 252 g/mol. The fourth-order valence-electron chi connectivity index (χ4n) is 2.04. The molecule has 1 heterocycles. The van der Waals surface area contributed by atoms with E-state index in [9.17, 15) is 4.79 Å². The number of benzene rings is 1. The largest absolute Gasteiger partial charge is 0.466 e. The van der Waals surface area contributed by atoms with Gasteiger partial charge in [-0.15, -0.1) is 0 Å². The molecule has 0 atom stereocenters. The van der Waals surface area contributed by atoms with Crippen LogP contribution < -0.4 is 5.32 Å². The summed E-state index contributed by atoms with van der Waals surface area (Å²) >= 11 is 0. The number of rotatable bonds is 6. The van der Waals surface area contributed by atoms with Crippen LogP contribution >= 0.6 is 0 Å². The van der Waals surface area contributed by atoms with E-state index >= 15 is 0 Å². The Balaban J connectivity index is 1.87. The monoisotopic (exact) mass is 272 g/mol. The van der Waals surface area contributed by atoms with Crippen LogP contribution in [0.3, 0.4) is 0 Å². The van der Waals surface area contributed by atoms with Crippen LogP contribution in [0.15, 0.2) is 30.3 Å². The van der Waals surface area contributed by atoms with E-state index in [1.54, 1.807) is 0 Å². The predicted molar refractivity (Wildman–Crippen MR) is 79.4 cm³/mol. The summed E-state index contributed by atoms with van der Waals surface area (Å²) in [5.74, 6) is -0.154. The number of hydrogen-bond donors (Lipinski definition) is 1. The number of nitrogens with zero attached hydrogens (tertiary/aromatic N) is 1. The zero-order chi connectivity index (χ0) is 14.4. The van der Waals surface area contributed by atoms with Crippen molar-refractivity contribution in [2.45, 2.75) is 26.8 Å². The minimum Gasteiger partial charge on any atom is -0.466 e. The van der Waals surface area contributed by atoms with Crippen LogP contribution in [0, 0.1) is 6.92 Å². The Bertz CT molecular complexity index is 596. The van der Waals surface area contributed by atoms with Crippen molar-refractivity contribution in [3.8, 4) is 0 Å². The second kappa shape index (κ2) is 7.01. The summed E-state index contributed by atoms with van der Waals surface area (Å²) in [5, 5.41) is 4.38. The minimum absolute atomic E-state index is 0.154. The van der Waals surface area contributed by atoms with E-state index in [1.165, 1.54) is 5.56 Å². The van der Waals surface area contributed by atoms with Gasteiger partial charge in [-0.3, -0.25) is 9.78 Å². The third kappa shape index (κ3) is 4.03. The quantitative estimate of drug-likeness (QED) is 0.648. The maximum Gasteiger partial charge on any atom is 0.307 e. The first-order valence-electron chi connectivity index (χ1n) is 6.91.